The van der Waals surface area contributed by atoms with E-state index in [4.69, 9.17) is 18.9 Å². The molecule has 0 saturated carbocycles. The molecular formula is C88H170N4O10. The number of rotatable bonds is 83. The molecular weight excluding hydrogens is 1270 g/mol. The number of hydrogen-bond donors (Lipinski definition) is 2. The summed E-state index contributed by atoms with van der Waals surface area (Å²) in [4.78, 5) is 82.4. The number of unbranched alkanes of at least 4 members (excludes halogenated alkanes) is 44. The summed E-state index contributed by atoms with van der Waals surface area (Å²) in [6.07, 6.45) is 68.6. The fourth-order valence-corrected chi connectivity index (χ4v) is 13.9. The highest BCUT2D eigenvalue weighted by atomic mass is 16.6. The van der Waals surface area contributed by atoms with E-state index in [9.17, 15) is 28.8 Å². The van der Waals surface area contributed by atoms with Crippen molar-refractivity contribution in [3.8, 4) is 0 Å². The third-order valence-electron chi connectivity index (χ3n) is 20.6. The first-order valence-corrected chi connectivity index (χ1v) is 44.7. The van der Waals surface area contributed by atoms with E-state index in [2.05, 4.69) is 62.0 Å². The average Bonchev–Trinajstić information content (AvgIpc) is 2.45. The molecule has 102 heavy (non-hydrogen) atoms. The summed E-state index contributed by atoms with van der Waals surface area (Å²) in [5.74, 6) is -0.484. The lowest BCUT2D eigenvalue weighted by Gasteiger charge is -2.23. The highest BCUT2D eigenvalue weighted by molar-refractivity contribution is 5.83. The van der Waals surface area contributed by atoms with E-state index >= 15 is 0 Å². The lowest BCUT2D eigenvalue weighted by atomic mass is 10.0. The third-order valence-corrected chi connectivity index (χ3v) is 20.6. The van der Waals surface area contributed by atoms with Crippen molar-refractivity contribution in [3.05, 3.63) is 0 Å². The molecule has 0 rings (SSSR count). The quantitative estimate of drug-likeness (QED) is 0.0336. The summed E-state index contributed by atoms with van der Waals surface area (Å²) in [6, 6.07) is 0. The molecule has 0 aliphatic heterocycles. The van der Waals surface area contributed by atoms with E-state index in [1.807, 2.05) is 0 Å². The first-order chi connectivity index (χ1) is 50.0. The van der Waals surface area contributed by atoms with Crippen LogP contribution in [0.1, 0.15) is 452 Å². The Hall–Kier alpha value is -3.26. The van der Waals surface area contributed by atoms with Crippen LogP contribution in [0.25, 0.3) is 0 Å². The maximum absolute atomic E-state index is 13.2. The van der Waals surface area contributed by atoms with E-state index in [0.717, 1.165) is 219 Å². The van der Waals surface area contributed by atoms with Crippen LogP contribution in [-0.4, -0.2) is 123 Å². The SMILES string of the molecule is CCCCCCCCCCCOC(=O)CCCCCN(CCCCCCCC(=O)OC(CCCCCC)CCCCCCCC)CCNC(=O)CCC(=O)NCCN(CCCCCCCC(=O)OC(CCCCCC)CCCCCCCC)CCCCCC(=O)OCCCCCCCCCCC. The molecule has 0 radical (unpaired) electrons. The standard InChI is InChI=1S/C88H170N4O10/c1-7-13-19-25-29-31-33-43-59-79-99-85(95)65-53-45-57-75-91(73-55-41-35-39-51-67-87(97)101-81(61-47-23-17-11-5)63-49-37-27-21-15-9-3)77-71-89-83(93)69-70-84(94)90-72-78-92(76-58-46-54-66-86(96)100-80-60-44-34-32-30-26-20-14-8-2)74-56-42-36-40-52-68-88(98)102-82(62-48-24-18-12-6)64-50-38-28-22-16-10-4/h81-82H,7-80H2,1-6H3,(H,89,93)(H,90,94). The van der Waals surface area contributed by atoms with Gasteiger partial charge < -0.3 is 39.4 Å². The minimum Gasteiger partial charge on any atom is -0.466 e. The predicted molar refractivity (Wildman–Crippen MR) is 430 cm³/mol. The van der Waals surface area contributed by atoms with Crippen LogP contribution in [0.4, 0.5) is 0 Å². The van der Waals surface area contributed by atoms with Crippen LogP contribution in [0.15, 0.2) is 0 Å². The fraction of sp³-hybridized carbons (Fsp3) is 0.932. The monoisotopic (exact) mass is 1440 g/mol. The number of esters is 4. The molecule has 2 amide bonds. The Labute approximate surface area is 631 Å². The lowest BCUT2D eigenvalue weighted by Crippen LogP contribution is -2.37. The second kappa shape index (κ2) is 80.3. The van der Waals surface area contributed by atoms with Crippen LogP contribution in [-0.2, 0) is 47.7 Å². The molecule has 0 aliphatic carbocycles. The topological polar surface area (TPSA) is 170 Å². The first-order valence-electron chi connectivity index (χ1n) is 44.7. The second-order valence-corrected chi connectivity index (χ2v) is 30.7. The van der Waals surface area contributed by atoms with Gasteiger partial charge in [0.2, 0.25) is 11.8 Å². The number of carbonyl (C=O) groups excluding carboxylic acids is 6. The van der Waals surface area contributed by atoms with Gasteiger partial charge in [-0.2, -0.15) is 0 Å². The molecule has 0 spiro atoms. The van der Waals surface area contributed by atoms with E-state index in [-0.39, 0.29) is 60.7 Å². The Kier molecular flexibility index (Phi) is 77.7. The molecule has 0 bridgehead atoms. The van der Waals surface area contributed by atoms with Gasteiger partial charge in [-0.05, 0) is 142 Å². The highest BCUT2D eigenvalue weighted by Gasteiger charge is 2.18. The van der Waals surface area contributed by atoms with E-state index in [0.29, 0.717) is 52.0 Å². The van der Waals surface area contributed by atoms with Crippen molar-refractivity contribution in [3.63, 3.8) is 0 Å². The van der Waals surface area contributed by atoms with E-state index in [1.165, 1.54) is 193 Å². The van der Waals surface area contributed by atoms with Gasteiger partial charge in [0.15, 0.2) is 0 Å². The average molecular weight is 1440 g/mol. The fourth-order valence-electron chi connectivity index (χ4n) is 13.9. The zero-order chi connectivity index (χ0) is 74.3. The molecule has 2 unspecified atom stereocenters. The molecule has 0 aromatic rings. The minimum atomic E-state index is -0.119. The minimum absolute atomic E-state index is 0.0317. The van der Waals surface area contributed by atoms with Gasteiger partial charge in [0, 0.05) is 64.7 Å². The lowest BCUT2D eigenvalue weighted by molar-refractivity contribution is -0.151. The maximum Gasteiger partial charge on any atom is 0.306 e. The summed E-state index contributed by atoms with van der Waals surface area (Å²) in [6.45, 7) is 20.6. The summed E-state index contributed by atoms with van der Waals surface area (Å²) < 4.78 is 23.3. The van der Waals surface area contributed by atoms with Crippen molar-refractivity contribution in [1.82, 2.24) is 20.4 Å². The van der Waals surface area contributed by atoms with Gasteiger partial charge in [0.25, 0.3) is 0 Å². The van der Waals surface area contributed by atoms with Crippen molar-refractivity contribution < 1.29 is 47.7 Å². The van der Waals surface area contributed by atoms with Gasteiger partial charge in [0.05, 0.1) is 13.2 Å². The van der Waals surface area contributed by atoms with E-state index in [1.54, 1.807) is 0 Å². The third kappa shape index (κ3) is 73.6. The molecule has 14 heteroatoms. The molecule has 0 aromatic carbocycles. The Morgan fingerprint density at radius 3 is 0.735 bits per heavy atom. The Morgan fingerprint density at radius 2 is 0.451 bits per heavy atom. The van der Waals surface area contributed by atoms with Crippen molar-refractivity contribution in [2.75, 3.05) is 65.6 Å². The van der Waals surface area contributed by atoms with Crippen LogP contribution in [0.3, 0.4) is 0 Å². The van der Waals surface area contributed by atoms with Gasteiger partial charge in [-0.15, -0.1) is 0 Å². The zero-order valence-corrected chi connectivity index (χ0v) is 68.5. The van der Waals surface area contributed by atoms with Crippen molar-refractivity contribution in [1.29, 1.82) is 0 Å². The van der Waals surface area contributed by atoms with Crippen LogP contribution in [0.5, 0.6) is 0 Å². The van der Waals surface area contributed by atoms with Gasteiger partial charge >= 0.3 is 23.9 Å². The summed E-state index contributed by atoms with van der Waals surface area (Å²) in [5.41, 5.74) is 0. The number of hydrogen-bond acceptors (Lipinski definition) is 12. The number of nitrogens with zero attached hydrogens (tertiary/aromatic N) is 2. The highest BCUT2D eigenvalue weighted by Crippen LogP contribution is 2.21. The van der Waals surface area contributed by atoms with Gasteiger partial charge in [0.1, 0.15) is 12.2 Å². The molecule has 0 heterocycles. The smallest absolute Gasteiger partial charge is 0.306 e. The Morgan fingerprint density at radius 1 is 0.235 bits per heavy atom. The number of amides is 2. The maximum atomic E-state index is 13.2. The molecule has 602 valence electrons. The molecule has 2 N–H and O–H groups in total. The normalized spacial score (nSPS) is 12.1. The van der Waals surface area contributed by atoms with Crippen LogP contribution < -0.4 is 10.6 Å². The molecule has 0 aromatic heterocycles. The first kappa shape index (κ1) is 98.7. The Balaban J connectivity index is 5.31. The van der Waals surface area contributed by atoms with Crippen LogP contribution >= 0.6 is 0 Å². The number of carbonyl (C=O) groups is 6. The molecule has 0 saturated heterocycles. The van der Waals surface area contributed by atoms with Gasteiger partial charge in [-0.3, -0.25) is 28.8 Å². The molecule has 0 fully saturated rings. The Bertz CT molecular complexity index is 1710. The largest absolute Gasteiger partial charge is 0.466 e. The summed E-state index contributed by atoms with van der Waals surface area (Å²) >= 11 is 0. The number of nitrogens with one attached hydrogen (secondary N) is 2. The van der Waals surface area contributed by atoms with E-state index < -0.39 is 0 Å². The summed E-state index contributed by atoms with van der Waals surface area (Å²) in [5, 5.41) is 6.21. The van der Waals surface area contributed by atoms with Crippen molar-refractivity contribution in [2.24, 2.45) is 0 Å². The van der Waals surface area contributed by atoms with Crippen molar-refractivity contribution in [2.45, 2.75) is 465 Å². The van der Waals surface area contributed by atoms with Crippen LogP contribution in [0.2, 0.25) is 0 Å². The second-order valence-electron chi connectivity index (χ2n) is 30.7. The molecule has 0 aliphatic rings. The summed E-state index contributed by atoms with van der Waals surface area (Å²) in [7, 11) is 0. The van der Waals surface area contributed by atoms with Gasteiger partial charge in [-0.25, -0.2) is 0 Å². The van der Waals surface area contributed by atoms with Gasteiger partial charge in [-0.1, -0.05) is 298 Å². The molecule has 2 atom stereocenters. The van der Waals surface area contributed by atoms with Crippen molar-refractivity contribution >= 4 is 35.7 Å². The molecule has 14 nitrogen and oxygen atoms in total. The van der Waals surface area contributed by atoms with Crippen LogP contribution in [0, 0.1) is 0 Å². The number of ether oxygens (including phenoxy) is 4. The predicted octanol–water partition coefficient (Wildman–Crippen LogP) is 23.8. The zero-order valence-electron chi connectivity index (χ0n) is 68.5.